The molecule has 2 rings (SSSR count). The molecule has 0 radical (unpaired) electrons. The van der Waals surface area contributed by atoms with Gasteiger partial charge in [-0.2, -0.15) is 0 Å². The Balaban J connectivity index is 2.22. The van der Waals surface area contributed by atoms with Gasteiger partial charge in [-0.15, -0.1) is 11.8 Å². The molecule has 0 saturated carbocycles. The third-order valence-corrected chi connectivity index (χ3v) is 3.97. The molecule has 0 aromatic carbocycles. The third-order valence-electron chi connectivity index (χ3n) is 3.28. The zero-order valence-electron chi connectivity index (χ0n) is 13.2. The minimum atomic E-state index is -0.107. The van der Waals surface area contributed by atoms with Crippen LogP contribution < -0.4 is 5.32 Å². The van der Waals surface area contributed by atoms with Gasteiger partial charge in [0.15, 0.2) is 11.6 Å². The Hall–Kier alpha value is -1.82. The van der Waals surface area contributed by atoms with E-state index in [2.05, 4.69) is 22.2 Å². The summed E-state index contributed by atoms with van der Waals surface area (Å²) in [5, 5.41) is 3.62. The molecule has 6 heteroatoms. The maximum atomic E-state index is 12.4. The Bertz CT molecular complexity index is 627. The summed E-state index contributed by atoms with van der Waals surface area (Å²) in [4.78, 5) is 21.2. The van der Waals surface area contributed by atoms with Crippen molar-refractivity contribution in [2.45, 2.75) is 38.1 Å². The molecule has 2 aromatic rings. The normalized spacial score (nSPS) is 10.7. The van der Waals surface area contributed by atoms with Crippen LogP contribution in [0.3, 0.4) is 0 Å². The van der Waals surface area contributed by atoms with Crippen molar-refractivity contribution in [3.8, 4) is 11.6 Å². The first kappa shape index (κ1) is 16.5. The Morgan fingerprint density at radius 3 is 2.82 bits per heavy atom. The molecule has 0 atom stereocenters. The average Bonchev–Trinajstić information content (AvgIpc) is 3.04. The Kier molecular flexibility index (Phi) is 6.00. The highest BCUT2D eigenvalue weighted by Gasteiger charge is 2.19. The van der Waals surface area contributed by atoms with Crippen LogP contribution >= 0.6 is 11.8 Å². The lowest BCUT2D eigenvalue weighted by molar-refractivity contribution is 0.0948. The largest absolute Gasteiger partial charge is 0.461 e. The van der Waals surface area contributed by atoms with E-state index in [4.69, 9.17) is 4.42 Å². The summed E-state index contributed by atoms with van der Waals surface area (Å²) in [5.74, 6) is 1.01. The van der Waals surface area contributed by atoms with Crippen LogP contribution in [-0.4, -0.2) is 28.7 Å². The number of carbonyl (C=O) groups excluding carboxylic acids is 1. The molecular formula is C16H21N3O2S. The van der Waals surface area contributed by atoms with Crippen molar-refractivity contribution in [3.05, 3.63) is 29.7 Å². The molecule has 22 heavy (non-hydrogen) atoms. The third kappa shape index (κ3) is 3.88. The van der Waals surface area contributed by atoms with E-state index in [-0.39, 0.29) is 5.91 Å². The molecule has 5 nitrogen and oxygen atoms in total. The highest BCUT2D eigenvalue weighted by Crippen LogP contribution is 2.25. The summed E-state index contributed by atoms with van der Waals surface area (Å²) in [7, 11) is 0. The van der Waals surface area contributed by atoms with Gasteiger partial charge in [0.1, 0.15) is 5.03 Å². The Morgan fingerprint density at radius 2 is 2.18 bits per heavy atom. The van der Waals surface area contributed by atoms with Crippen LogP contribution in [0.15, 0.2) is 27.8 Å². The van der Waals surface area contributed by atoms with Crippen molar-refractivity contribution in [2.75, 3.05) is 12.8 Å². The fraction of sp³-hybridized carbons (Fsp3) is 0.438. The van der Waals surface area contributed by atoms with Gasteiger partial charge in [-0.05, 0) is 31.7 Å². The van der Waals surface area contributed by atoms with E-state index < -0.39 is 0 Å². The molecule has 0 aliphatic carbocycles. The molecule has 0 fully saturated rings. The first-order valence-corrected chi connectivity index (χ1v) is 8.64. The summed E-state index contributed by atoms with van der Waals surface area (Å²) in [6.07, 6.45) is 6.72. The summed E-state index contributed by atoms with van der Waals surface area (Å²) >= 11 is 1.44. The molecule has 0 unspecified atom stereocenters. The van der Waals surface area contributed by atoms with Crippen LogP contribution in [-0.2, 0) is 0 Å². The number of thioether (sulfide) groups is 1. The maximum Gasteiger partial charge on any atom is 0.255 e. The SMILES string of the molecule is CCCCCNC(=O)c1c(C)nc(-c2ccco2)nc1SC. The van der Waals surface area contributed by atoms with Crippen LogP contribution in [0.1, 0.15) is 42.2 Å². The average molecular weight is 319 g/mol. The summed E-state index contributed by atoms with van der Waals surface area (Å²) in [5.41, 5.74) is 1.22. The lowest BCUT2D eigenvalue weighted by Crippen LogP contribution is -2.26. The van der Waals surface area contributed by atoms with Crippen LogP contribution in [0.5, 0.6) is 0 Å². The minimum Gasteiger partial charge on any atom is -0.461 e. The van der Waals surface area contributed by atoms with E-state index >= 15 is 0 Å². The highest BCUT2D eigenvalue weighted by atomic mass is 32.2. The van der Waals surface area contributed by atoms with Crippen LogP contribution in [0.4, 0.5) is 0 Å². The van der Waals surface area contributed by atoms with E-state index in [9.17, 15) is 4.79 Å². The Labute approximate surface area is 134 Å². The van der Waals surface area contributed by atoms with Crippen LogP contribution in [0, 0.1) is 6.92 Å². The predicted molar refractivity (Wildman–Crippen MR) is 88.1 cm³/mol. The van der Waals surface area contributed by atoms with Gasteiger partial charge in [0, 0.05) is 6.54 Å². The lowest BCUT2D eigenvalue weighted by atomic mass is 10.2. The summed E-state index contributed by atoms with van der Waals surface area (Å²) < 4.78 is 5.33. The number of carbonyl (C=O) groups is 1. The molecule has 2 aromatic heterocycles. The van der Waals surface area contributed by atoms with E-state index in [1.807, 2.05) is 19.2 Å². The molecule has 0 aliphatic rings. The number of hydrogen-bond donors (Lipinski definition) is 1. The summed E-state index contributed by atoms with van der Waals surface area (Å²) in [6.45, 7) is 4.65. The summed E-state index contributed by atoms with van der Waals surface area (Å²) in [6, 6.07) is 3.60. The second-order valence-corrected chi connectivity index (χ2v) is 5.75. The number of aromatic nitrogens is 2. The van der Waals surface area contributed by atoms with Gasteiger partial charge in [-0.3, -0.25) is 4.79 Å². The molecule has 118 valence electrons. The van der Waals surface area contributed by atoms with E-state index in [0.29, 0.717) is 34.4 Å². The molecule has 2 heterocycles. The fourth-order valence-corrected chi connectivity index (χ4v) is 2.76. The molecule has 0 aliphatic heterocycles. The van der Waals surface area contributed by atoms with Crippen molar-refractivity contribution in [1.29, 1.82) is 0 Å². The van der Waals surface area contributed by atoms with Gasteiger partial charge in [0.2, 0.25) is 0 Å². The zero-order valence-corrected chi connectivity index (χ0v) is 14.0. The second kappa shape index (κ2) is 7.98. The highest BCUT2D eigenvalue weighted by molar-refractivity contribution is 7.98. The smallest absolute Gasteiger partial charge is 0.255 e. The first-order chi connectivity index (χ1) is 10.7. The molecule has 1 N–H and O–H groups in total. The number of unbranched alkanes of at least 4 members (excludes halogenated alkanes) is 2. The van der Waals surface area contributed by atoms with Crippen LogP contribution in [0.2, 0.25) is 0 Å². The predicted octanol–water partition coefficient (Wildman–Crippen LogP) is 3.69. The lowest BCUT2D eigenvalue weighted by Gasteiger charge is -2.11. The number of rotatable bonds is 7. The van der Waals surface area contributed by atoms with Gasteiger partial charge in [-0.1, -0.05) is 19.8 Å². The Morgan fingerprint density at radius 1 is 1.36 bits per heavy atom. The maximum absolute atomic E-state index is 12.4. The minimum absolute atomic E-state index is 0.107. The molecule has 0 saturated heterocycles. The van der Waals surface area contributed by atoms with Crippen molar-refractivity contribution < 1.29 is 9.21 Å². The number of furan rings is 1. The molecule has 1 amide bonds. The van der Waals surface area contributed by atoms with Gasteiger partial charge >= 0.3 is 0 Å². The number of hydrogen-bond acceptors (Lipinski definition) is 5. The van der Waals surface area contributed by atoms with Crippen molar-refractivity contribution in [3.63, 3.8) is 0 Å². The van der Waals surface area contributed by atoms with E-state index in [1.54, 1.807) is 12.3 Å². The van der Waals surface area contributed by atoms with E-state index in [0.717, 1.165) is 19.3 Å². The second-order valence-electron chi connectivity index (χ2n) is 4.96. The molecule has 0 bridgehead atoms. The first-order valence-electron chi connectivity index (χ1n) is 7.42. The quantitative estimate of drug-likeness (QED) is 0.479. The van der Waals surface area contributed by atoms with Gasteiger partial charge in [0.25, 0.3) is 5.91 Å². The number of nitrogens with zero attached hydrogens (tertiary/aromatic N) is 2. The standard InChI is InChI=1S/C16H21N3O2S/c1-4-5-6-9-17-15(20)13-11(2)18-14(19-16(13)22-3)12-8-7-10-21-12/h7-8,10H,4-6,9H2,1-3H3,(H,17,20). The van der Waals surface area contributed by atoms with Gasteiger partial charge < -0.3 is 9.73 Å². The topological polar surface area (TPSA) is 68.0 Å². The van der Waals surface area contributed by atoms with Crippen LogP contribution in [0.25, 0.3) is 11.6 Å². The number of aryl methyl sites for hydroxylation is 1. The zero-order chi connectivity index (χ0) is 15.9. The number of nitrogens with one attached hydrogen (secondary N) is 1. The molecule has 0 spiro atoms. The van der Waals surface area contributed by atoms with Crippen molar-refractivity contribution >= 4 is 17.7 Å². The van der Waals surface area contributed by atoms with Crippen molar-refractivity contribution in [1.82, 2.24) is 15.3 Å². The van der Waals surface area contributed by atoms with Gasteiger partial charge in [0.05, 0.1) is 17.5 Å². The van der Waals surface area contributed by atoms with Gasteiger partial charge in [-0.25, -0.2) is 9.97 Å². The van der Waals surface area contributed by atoms with Crippen molar-refractivity contribution in [2.24, 2.45) is 0 Å². The molecular weight excluding hydrogens is 298 g/mol. The van der Waals surface area contributed by atoms with E-state index in [1.165, 1.54) is 11.8 Å². The number of amides is 1. The monoisotopic (exact) mass is 319 g/mol. The fourth-order valence-electron chi connectivity index (χ4n) is 2.14.